The van der Waals surface area contributed by atoms with Gasteiger partial charge in [-0.1, -0.05) is 13.0 Å². The molecule has 2 amide bonds. The van der Waals surface area contributed by atoms with Crippen molar-refractivity contribution in [1.82, 2.24) is 4.31 Å². The number of amides is 2. The topological polar surface area (TPSA) is 105 Å². The molecular formula is C25H31N3O5S. The first kappa shape index (κ1) is 24.2. The number of rotatable bonds is 5. The molecule has 2 atom stereocenters. The van der Waals surface area contributed by atoms with Crippen molar-refractivity contribution in [2.45, 2.75) is 58.0 Å². The summed E-state index contributed by atoms with van der Waals surface area (Å²) in [6.45, 7) is 7.98. The summed E-state index contributed by atoms with van der Waals surface area (Å²) >= 11 is 0. The van der Waals surface area contributed by atoms with Gasteiger partial charge >= 0.3 is 0 Å². The Hall–Kier alpha value is -2.91. The quantitative estimate of drug-likeness (QED) is 0.671. The first-order valence-electron chi connectivity index (χ1n) is 11.6. The van der Waals surface area contributed by atoms with Crippen LogP contribution in [0.3, 0.4) is 0 Å². The van der Waals surface area contributed by atoms with Gasteiger partial charge in [-0.25, -0.2) is 8.42 Å². The average molecular weight is 486 g/mol. The minimum atomic E-state index is -3.85. The van der Waals surface area contributed by atoms with Crippen LogP contribution in [0.4, 0.5) is 11.4 Å². The molecule has 2 aliphatic heterocycles. The van der Waals surface area contributed by atoms with Gasteiger partial charge in [0.05, 0.1) is 16.5 Å². The molecule has 4 rings (SSSR count). The van der Waals surface area contributed by atoms with Crippen LogP contribution in [0.15, 0.2) is 35.2 Å². The molecule has 182 valence electrons. The number of carbonyl (C=O) groups is 2. The van der Waals surface area contributed by atoms with E-state index in [1.165, 1.54) is 10.4 Å². The summed E-state index contributed by atoms with van der Waals surface area (Å²) in [5.41, 5.74) is 3.91. The summed E-state index contributed by atoms with van der Waals surface area (Å²) in [6, 6.07) is 8.84. The van der Waals surface area contributed by atoms with Crippen LogP contribution in [-0.2, 0) is 19.6 Å². The highest BCUT2D eigenvalue weighted by Crippen LogP contribution is 2.36. The number of hydrogen-bond donors (Lipinski definition) is 2. The van der Waals surface area contributed by atoms with E-state index in [0.29, 0.717) is 48.5 Å². The van der Waals surface area contributed by atoms with Gasteiger partial charge in [-0.2, -0.15) is 4.31 Å². The van der Waals surface area contributed by atoms with Crippen molar-refractivity contribution in [3.8, 4) is 5.75 Å². The zero-order valence-corrected chi connectivity index (χ0v) is 20.8. The predicted octanol–water partition coefficient (Wildman–Crippen LogP) is 3.76. The lowest BCUT2D eigenvalue weighted by Gasteiger charge is -2.32. The van der Waals surface area contributed by atoms with E-state index in [-0.39, 0.29) is 23.3 Å². The van der Waals surface area contributed by atoms with Gasteiger partial charge in [0.2, 0.25) is 15.9 Å². The predicted molar refractivity (Wildman–Crippen MR) is 131 cm³/mol. The lowest BCUT2D eigenvalue weighted by Crippen LogP contribution is -2.44. The van der Waals surface area contributed by atoms with Gasteiger partial charge in [0, 0.05) is 24.8 Å². The molecule has 2 aromatic rings. The zero-order valence-electron chi connectivity index (χ0n) is 20.0. The molecule has 0 saturated carbocycles. The molecular weight excluding hydrogens is 454 g/mol. The van der Waals surface area contributed by atoms with Gasteiger partial charge in [-0.05, 0) is 74.9 Å². The first-order chi connectivity index (χ1) is 16.1. The number of benzene rings is 2. The van der Waals surface area contributed by atoms with Crippen LogP contribution in [-0.4, -0.2) is 43.7 Å². The summed E-state index contributed by atoms with van der Waals surface area (Å²) < 4.78 is 34.3. The van der Waals surface area contributed by atoms with Crippen molar-refractivity contribution in [3.63, 3.8) is 0 Å². The Morgan fingerprint density at radius 1 is 1.15 bits per heavy atom. The van der Waals surface area contributed by atoms with Crippen molar-refractivity contribution in [2.75, 3.05) is 23.7 Å². The lowest BCUT2D eigenvalue weighted by atomic mass is 9.98. The Morgan fingerprint density at radius 3 is 2.62 bits per heavy atom. The second-order valence-electron chi connectivity index (χ2n) is 9.11. The Labute approximate surface area is 200 Å². The second-order valence-corrected chi connectivity index (χ2v) is 11.0. The number of sulfonamides is 1. The standard InChI is InChI=1S/C25H31N3O5S/c1-5-21-25(30)27-20-12-17(4)23(13-22(20)33-21)34(31,32)28-10-6-7-18(14-28)24(29)26-19-9-8-15(2)16(3)11-19/h8-9,11-13,18,21H,5-7,10,14H2,1-4H3,(H,26,29)(H,27,30)/t18-,21-/m0/s1. The van der Waals surface area contributed by atoms with E-state index in [4.69, 9.17) is 4.74 Å². The van der Waals surface area contributed by atoms with Crippen molar-refractivity contribution >= 4 is 33.2 Å². The first-order valence-corrected chi connectivity index (χ1v) is 13.0. The fourth-order valence-electron chi connectivity index (χ4n) is 4.41. The average Bonchev–Trinajstić information content (AvgIpc) is 2.80. The number of hydrogen-bond acceptors (Lipinski definition) is 5. The van der Waals surface area contributed by atoms with Crippen molar-refractivity contribution in [3.05, 3.63) is 47.0 Å². The number of nitrogens with zero attached hydrogens (tertiary/aromatic N) is 1. The number of piperidine rings is 1. The van der Waals surface area contributed by atoms with Gasteiger partial charge in [0.25, 0.3) is 5.91 Å². The minimum absolute atomic E-state index is 0.116. The Kier molecular flexibility index (Phi) is 6.69. The van der Waals surface area contributed by atoms with Crippen LogP contribution in [0.1, 0.15) is 42.9 Å². The molecule has 2 aromatic carbocycles. The van der Waals surface area contributed by atoms with Crippen LogP contribution >= 0.6 is 0 Å². The van der Waals surface area contributed by atoms with Crippen LogP contribution in [0, 0.1) is 26.7 Å². The second kappa shape index (κ2) is 9.38. The summed E-state index contributed by atoms with van der Waals surface area (Å²) in [7, 11) is -3.85. The Balaban J connectivity index is 1.54. The molecule has 9 heteroatoms. The summed E-state index contributed by atoms with van der Waals surface area (Å²) in [6.07, 6.45) is 1.04. The molecule has 0 radical (unpaired) electrons. The number of ether oxygens (including phenoxy) is 1. The van der Waals surface area contributed by atoms with E-state index in [0.717, 1.165) is 11.1 Å². The number of aryl methyl sites for hydroxylation is 3. The summed E-state index contributed by atoms with van der Waals surface area (Å²) in [5, 5.41) is 5.73. The van der Waals surface area contributed by atoms with Gasteiger partial charge < -0.3 is 15.4 Å². The van der Waals surface area contributed by atoms with Crippen molar-refractivity contribution in [2.24, 2.45) is 5.92 Å². The fraction of sp³-hybridized carbons (Fsp3) is 0.440. The van der Waals surface area contributed by atoms with E-state index < -0.39 is 22.0 Å². The molecule has 34 heavy (non-hydrogen) atoms. The number of nitrogens with one attached hydrogen (secondary N) is 2. The van der Waals surface area contributed by atoms with E-state index in [9.17, 15) is 18.0 Å². The van der Waals surface area contributed by atoms with Gasteiger partial charge in [-0.15, -0.1) is 0 Å². The molecule has 0 aromatic heterocycles. The van der Waals surface area contributed by atoms with Gasteiger partial charge in [0.15, 0.2) is 6.10 Å². The summed E-state index contributed by atoms with van der Waals surface area (Å²) in [5.74, 6) is -0.513. The van der Waals surface area contributed by atoms with E-state index in [1.807, 2.05) is 39.0 Å². The molecule has 0 unspecified atom stereocenters. The van der Waals surface area contributed by atoms with E-state index in [1.54, 1.807) is 13.0 Å². The monoisotopic (exact) mass is 485 g/mol. The Morgan fingerprint density at radius 2 is 1.91 bits per heavy atom. The van der Waals surface area contributed by atoms with Gasteiger partial charge in [-0.3, -0.25) is 9.59 Å². The third-order valence-corrected chi connectivity index (χ3v) is 8.62. The maximum Gasteiger partial charge on any atom is 0.265 e. The molecule has 2 heterocycles. The molecule has 0 aliphatic carbocycles. The number of carbonyl (C=O) groups excluding carboxylic acids is 2. The normalized spacial score (nSPS) is 20.8. The fourth-order valence-corrected chi connectivity index (χ4v) is 6.15. The smallest absolute Gasteiger partial charge is 0.265 e. The molecule has 2 aliphatic rings. The van der Waals surface area contributed by atoms with Gasteiger partial charge in [0.1, 0.15) is 5.75 Å². The molecule has 1 saturated heterocycles. The van der Waals surface area contributed by atoms with Crippen molar-refractivity contribution < 1.29 is 22.7 Å². The largest absolute Gasteiger partial charge is 0.478 e. The van der Waals surface area contributed by atoms with Crippen LogP contribution < -0.4 is 15.4 Å². The van der Waals surface area contributed by atoms with Crippen molar-refractivity contribution in [1.29, 1.82) is 0 Å². The molecule has 1 fully saturated rings. The maximum absolute atomic E-state index is 13.6. The third-order valence-electron chi connectivity index (χ3n) is 6.61. The maximum atomic E-state index is 13.6. The minimum Gasteiger partial charge on any atom is -0.478 e. The highest BCUT2D eigenvalue weighted by Gasteiger charge is 2.36. The van der Waals surface area contributed by atoms with Crippen LogP contribution in [0.2, 0.25) is 0 Å². The van der Waals surface area contributed by atoms with E-state index >= 15 is 0 Å². The molecule has 2 N–H and O–H groups in total. The van der Waals surface area contributed by atoms with Crippen LogP contribution in [0.25, 0.3) is 0 Å². The lowest BCUT2D eigenvalue weighted by molar-refractivity contribution is -0.123. The SMILES string of the molecule is CC[C@@H]1Oc2cc(S(=O)(=O)N3CCC[C@H](C(=O)Nc4ccc(C)c(C)c4)C3)c(C)cc2NC1=O. The van der Waals surface area contributed by atoms with Crippen LogP contribution in [0.5, 0.6) is 5.75 Å². The molecule has 0 spiro atoms. The highest BCUT2D eigenvalue weighted by molar-refractivity contribution is 7.89. The van der Waals surface area contributed by atoms with E-state index in [2.05, 4.69) is 10.6 Å². The Bertz CT molecular complexity index is 1240. The molecule has 0 bridgehead atoms. The number of anilines is 2. The number of fused-ring (bicyclic) bond motifs is 1. The zero-order chi connectivity index (χ0) is 24.6. The summed E-state index contributed by atoms with van der Waals surface area (Å²) in [4.78, 5) is 25.2. The highest BCUT2D eigenvalue weighted by atomic mass is 32.2. The molecule has 8 nitrogen and oxygen atoms in total. The third kappa shape index (κ3) is 4.67.